The van der Waals surface area contributed by atoms with E-state index in [1.807, 2.05) is 13.0 Å². The number of hydrogen-bond donors (Lipinski definition) is 2. The van der Waals surface area contributed by atoms with Gasteiger partial charge in [-0.1, -0.05) is 19.1 Å². The molecular weight excluding hydrogens is 311 g/mol. The minimum Gasteiger partial charge on any atom is -0.348 e. The van der Waals surface area contributed by atoms with Gasteiger partial charge in [0.1, 0.15) is 5.82 Å². The Balaban J connectivity index is 1.46. The van der Waals surface area contributed by atoms with Crippen molar-refractivity contribution in [2.45, 2.75) is 44.9 Å². The largest absolute Gasteiger partial charge is 0.348 e. The zero-order valence-electron chi connectivity index (χ0n) is 14.2. The summed E-state index contributed by atoms with van der Waals surface area (Å²) in [4.78, 5) is 12.1. The Morgan fingerprint density at radius 1 is 1.42 bits per heavy atom. The van der Waals surface area contributed by atoms with Gasteiger partial charge in [-0.05, 0) is 42.9 Å². The SMILES string of the molecule is C[C@H](CNC(=O)N[C@H]1CCc2c(F)cccc21)CC1(C)OCCO1. The van der Waals surface area contributed by atoms with Gasteiger partial charge in [-0.15, -0.1) is 0 Å². The first kappa shape index (κ1) is 17.2. The van der Waals surface area contributed by atoms with Crippen molar-refractivity contribution in [1.82, 2.24) is 10.6 Å². The molecule has 0 saturated carbocycles. The molecule has 0 radical (unpaired) electrons. The molecule has 1 heterocycles. The van der Waals surface area contributed by atoms with E-state index < -0.39 is 5.79 Å². The Bertz CT molecular complexity index is 602. The Morgan fingerprint density at radius 3 is 2.92 bits per heavy atom. The molecule has 3 rings (SSSR count). The van der Waals surface area contributed by atoms with Gasteiger partial charge in [0.25, 0.3) is 0 Å². The minimum atomic E-state index is -0.542. The molecule has 0 spiro atoms. The molecule has 2 amide bonds. The maximum Gasteiger partial charge on any atom is 0.315 e. The third kappa shape index (κ3) is 3.87. The molecule has 1 aliphatic carbocycles. The monoisotopic (exact) mass is 336 g/mol. The summed E-state index contributed by atoms with van der Waals surface area (Å²) in [6, 6.07) is 4.70. The van der Waals surface area contributed by atoms with Crippen LogP contribution >= 0.6 is 0 Å². The summed E-state index contributed by atoms with van der Waals surface area (Å²) < 4.78 is 24.9. The molecule has 0 aromatic heterocycles. The highest BCUT2D eigenvalue weighted by Gasteiger charge is 2.32. The Hall–Kier alpha value is -1.66. The first-order valence-electron chi connectivity index (χ1n) is 8.56. The summed E-state index contributed by atoms with van der Waals surface area (Å²) in [5.74, 6) is -0.498. The normalized spacial score (nSPS) is 22.9. The molecule has 24 heavy (non-hydrogen) atoms. The van der Waals surface area contributed by atoms with Gasteiger partial charge in [0.05, 0.1) is 19.3 Å². The van der Waals surface area contributed by atoms with Gasteiger partial charge < -0.3 is 20.1 Å². The van der Waals surface area contributed by atoms with E-state index in [-0.39, 0.29) is 23.8 Å². The summed E-state index contributed by atoms with van der Waals surface area (Å²) in [5.41, 5.74) is 1.61. The van der Waals surface area contributed by atoms with Crippen LogP contribution < -0.4 is 10.6 Å². The summed E-state index contributed by atoms with van der Waals surface area (Å²) in [6.45, 7) is 5.76. The first-order valence-corrected chi connectivity index (χ1v) is 8.56. The van der Waals surface area contributed by atoms with E-state index in [0.29, 0.717) is 26.2 Å². The second-order valence-corrected chi connectivity index (χ2v) is 6.89. The average Bonchev–Trinajstić information content (AvgIpc) is 3.13. The summed E-state index contributed by atoms with van der Waals surface area (Å²) in [6.07, 6.45) is 2.13. The van der Waals surface area contributed by atoms with Gasteiger partial charge in [-0.2, -0.15) is 0 Å². The Morgan fingerprint density at radius 2 is 2.17 bits per heavy atom. The van der Waals surface area contributed by atoms with Crippen LogP contribution in [0.15, 0.2) is 18.2 Å². The molecule has 6 heteroatoms. The van der Waals surface area contributed by atoms with Crippen LogP contribution in [0.2, 0.25) is 0 Å². The Labute approximate surface area is 141 Å². The second-order valence-electron chi connectivity index (χ2n) is 6.89. The molecule has 0 unspecified atom stereocenters. The predicted molar refractivity (Wildman–Crippen MR) is 88.1 cm³/mol. The maximum absolute atomic E-state index is 13.7. The fourth-order valence-corrected chi connectivity index (χ4v) is 3.62. The standard InChI is InChI=1S/C18H25FN2O3/c1-12(10-18(2)23-8-9-24-18)11-20-17(22)21-16-7-6-13-14(16)4-3-5-15(13)19/h3-5,12,16H,6-11H2,1-2H3,(H2,20,21,22)/t12-,16-/m0/s1. The van der Waals surface area contributed by atoms with Crippen molar-refractivity contribution in [1.29, 1.82) is 0 Å². The van der Waals surface area contributed by atoms with Gasteiger partial charge in [0.2, 0.25) is 0 Å². The first-order chi connectivity index (χ1) is 11.5. The van der Waals surface area contributed by atoms with Crippen molar-refractivity contribution in [3.8, 4) is 0 Å². The molecule has 1 fully saturated rings. The molecule has 1 saturated heterocycles. The number of nitrogens with one attached hydrogen (secondary N) is 2. The summed E-state index contributed by atoms with van der Waals surface area (Å²) >= 11 is 0. The number of carbonyl (C=O) groups is 1. The summed E-state index contributed by atoms with van der Waals surface area (Å²) in [5, 5.41) is 5.83. The van der Waals surface area contributed by atoms with E-state index in [1.165, 1.54) is 6.07 Å². The number of carbonyl (C=O) groups excluding carboxylic acids is 1. The number of fused-ring (bicyclic) bond motifs is 1. The second kappa shape index (κ2) is 7.07. The molecule has 2 atom stereocenters. The molecule has 132 valence electrons. The van der Waals surface area contributed by atoms with E-state index in [1.54, 1.807) is 6.07 Å². The number of benzene rings is 1. The molecule has 1 aliphatic heterocycles. The van der Waals surface area contributed by atoms with Gasteiger partial charge in [-0.3, -0.25) is 0 Å². The van der Waals surface area contributed by atoms with Gasteiger partial charge >= 0.3 is 6.03 Å². The minimum absolute atomic E-state index is 0.120. The van der Waals surface area contributed by atoms with Crippen LogP contribution in [0.1, 0.15) is 43.9 Å². The lowest BCUT2D eigenvalue weighted by Gasteiger charge is -2.26. The average molecular weight is 336 g/mol. The van der Waals surface area contributed by atoms with Crippen molar-refractivity contribution >= 4 is 6.03 Å². The third-order valence-electron chi connectivity index (χ3n) is 4.75. The molecule has 5 nitrogen and oxygen atoms in total. The van der Waals surface area contributed by atoms with Crippen molar-refractivity contribution in [2.24, 2.45) is 5.92 Å². The van der Waals surface area contributed by atoms with E-state index in [9.17, 15) is 9.18 Å². The van der Waals surface area contributed by atoms with Gasteiger partial charge in [0.15, 0.2) is 5.79 Å². The van der Waals surface area contributed by atoms with Crippen molar-refractivity contribution < 1.29 is 18.7 Å². The van der Waals surface area contributed by atoms with Crippen molar-refractivity contribution in [3.63, 3.8) is 0 Å². The topological polar surface area (TPSA) is 59.6 Å². The molecule has 0 bridgehead atoms. The number of hydrogen-bond acceptors (Lipinski definition) is 3. The molecule has 2 N–H and O–H groups in total. The van der Waals surface area contributed by atoms with Crippen LogP contribution in [0, 0.1) is 11.7 Å². The van der Waals surface area contributed by atoms with E-state index in [2.05, 4.69) is 17.6 Å². The van der Waals surface area contributed by atoms with Gasteiger partial charge in [0, 0.05) is 13.0 Å². The molecular formula is C18H25FN2O3. The highest BCUT2D eigenvalue weighted by Crippen LogP contribution is 2.32. The Kier molecular flexibility index (Phi) is 5.06. The van der Waals surface area contributed by atoms with Crippen LogP contribution in [0.3, 0.4) is 0 Å². The zero-order valence-corrected chi connectivity index (χ0v) is 14.2. The predicted octanol–water partition coefficient (Wildman–Crippen LogP) is 2.90. The highest BCUT2D eigenvalue weighted by molar-refractivity contribution is 5.74. The van der Waals surface area contributed by atoms with E-state index in [0.717, 1.165) is 24.0 Å². The number of halogens is 1. The lowest BCUT2D eigenvalue weighted by atomic mass is 10.0. The van der Waals surface area contributed by atoms with Crippen LogP contribution in [0.5, 0.6) is 0 Å². The van der Waals surface area contributed by atoms with Crippen LogP contribution in [0.4, 0.5) is 9.18 Å². The van der Waals surface area contributed by atoms with Crippen molar-refractivity contribution in [2.75, 3.05) is 19.8 Å². The van der Waals surface area contributed by atoms with E-state index >= 15 is 0 Å². The lowest BCUT2D eigenvalue weighted by Crippen LogP contribution is -2.40. The van der Waals surface area contributed by atoms with Crippen LogP contribution in [-0.4, -0.2) is 31.6 Å². The maximum atomic E-state index is 13.7. The fourth-order valence-electron chi connectivity index (χ4n) is 3.62. The number of urea groups is 1. The fraction of sp³-hybridized carbons (Fsp3) is 0.611. The smallest absolute Gasteiger partial charge is 0.315 e. The zero-order chi connectivity index (χ0) is 17.2. The van der Waals surface area contributed by atoms with Gasteiger partial charge in [-0.25, -0.2) is 9.18 Å². The third-order valence-corrected chi connectivity index (χ3v) is 4.75. The number of amides is 2. The van der Waals surface area contributed by atoms with Crippen molar-refractivity contribution in [3.05, 3.63) is 35.1 Å². The van der Waals surface area contributed by atoms with Crippen LogP contribution in [-0.2, 0) is 15.9 Å². The van der Waals surface area contributed by atoms with Crippen LogP contribution in [0.25, 0.3) is 0 Å². The van der Waals surface area contributed by atoms with E-state index in [4.69, 9.17) is 9.47 Å². The quantitative estimate of drug-likeness (QED) is 0.869. The molecule has 1 aromatic carbocycles. The summed E-state index contributed by atoms with van der Waals surface area (Å²) in [7, 11) is 0. The number of rotatable bonds is 5. The highest BCUT2D eigenvalue weighted by atomic mass is 19.1. The molecule has 2 aliphatic rings. The number of ether oxygens (including phenoxy) is 2. The lowest BCUT2D eigenvalue weighted by molar-refractivity contribution is -0.153. The molecule has 1 aromatic rings.